The predicted octanol–water partition coefficient (Wildman–Crippen LogP) is 8.33. The first-order valence-electron chi connectivity index (χ1n) is 17.9. The Morgan fingerprint density at radius 2 is 1.13 bits per heavy atom. The molecule has 4 N–H and O–H groups in total. The molecule has 0 heterocycles. The lowest BCUT2D eigenvalue weighted by atomic mass is 10.1. The Bertz CT molecular complexity index is 911. The van der Waals surface area contributed by atoms with Gasteiger partial charge in [0, 0.05) is 12.8 Å². The maximum atomic E-state index is 12.5. The zero-order valence-electron chi connectivity index (χ0n) is 29.1. The molecule has 0 aliphatic heterocycles. The summed E-state index contributed by atoms with van der Waals surface area (Å²) in [5.74, 6) is -2.41. The van der Waals surface area contributed by atoms with Crippen LogP contribution in [-0.4, -0.2) is 59.9 Å². The molecule has 3 unspecified atom stereocenters. The van der Waals surface area contributed by atoms with E-state index in [-0.39, 0.29) is 19.4 Å². The minimum absolute atomic E-state index is 0.153. The molecule has 274 valence electrons. The van der Waals surface area contributed by atoms with Crippen LogP contribution in [0.25, 0.3) is 0 Å². The Morgan fingerprint density at radius 3 is 1.68 bits per heavy atom. The summed E-state index contributed by atoms with van der Waals surface area (Å²) in [7, 11) is -4.70. The second-order valence-electron chi connectivity index (χ2n) is 12.0. The molecule has 0 rings (SSSR count). The Balaban J connectivity index is 4.32. The maximum Gasteiger partial charge on any atom is 0.472 e. The van der Waals surface area contributed by atoms with E-state index in [0.29, 0.717) is 12.8 Å². The summed E-state index contributed by atoms with van der Waals surface area (Å²) in [4.78, 5) is 45.3. The highest BCUT2D eigenvalue weighted by atomic mass is 31.2. The Hall–Kier alpha value is -2.04. The third-order valence-electron chi connectivity index (χ3n) is 7.45. The number of aliphatic carboxylic acids is 1. The van der Waals surface area contributed by atoms with Gasteiger partial charge in [0.2, 0.25) is 0 Å². The minimum atomic E-state index is -4.70. The first-order chi connectivity index (χ1) is 22.6. The van der Waals surface area contributed by atoms with Gasteiger partial charge in [0.1, 0.15) is 12.6 Å². The largest absolute Gasteiger partial charge is 0.480 e. The lowest BCUT2D eigenvalue weighted by molar-refractivity contribution is -0.161. The van der Waals surface area contributed by atoms with Crippen LogP contribution in [0.4, 0.5) is 0 Å². The van der Waals surface area contributed by atoms with Crippen LogP contribution in [0.15, 0.2) is 24.3 Å². The van der Waals surface area contributed by atoms with E-state index in [4.69, 9.17) is 24.8 Å². The topological polar surface area (TPSA) is 172 Å². The van der Waals surface area contributed by atoms with Gasteiger partial charge >= 0.3 is 25.7 Å². The van der Waals surface area contributed by atoms with Gasteiger partial charge in [-0.05, 0) is 44.9 Å². The highest BCUT2D eigenvalue weighted by molar-refractivity contribution is 7.47. The van der Waals surface area contributed by atoms with Gasteiger partial charge < -0.3 is 25.2 Å². The molecule has 0 saturated heterocycles. The smallest absolute Gasteiger partial charge is 0.472 e. The maximum absolute atomic E-state index is 12.5. The lowest BCUT2D eigenvalue weighted by Crippen LogP contribution is -2.34. The summed E-state index contributed by atoms with van der Waals surface area (Å²) < 4.78 is 32.3. The summed E-state index contributed by atoms with van der Waals surface area (Å²) >= 11 is 0. The molecular weight excluding hydrogens is 625 g/mol. The van der Waals surface area contributed by atoms with Crippen molar-refractivity contribution in [2.75, 3.05) is 19.8 Å². The number of rotatable bonds is 33. The number of hydrogen-bond acceptors (Lipinski definition) is 9. The van der Waals surface area contributed by atoms with Crippen molar-refractivity contribution in [2.45, 2.75) is 161 Å². The van der Waals surface area contributed by atoms with Crippen LogP contribution in [0.5, 0.6) is 0 Å². The van der Waals surface area contributed by atoms with Crippen LogP contribution in [0.1, 0.15) is 149 Å². The van der Waals surface area contributed by atoms with Crippen LogP contribution < -0.4 is 5.73 Å². The summed E-state index contributed by atoms with van der Waals surface area (Å²) in [6.45, 7) is 2.65. The minimum Gasteiger partial charge on any atom is -0.480 e. The highest BCUT2D eigenvalue weighted by Crippen LogP contribution is 2.43. The van der Waals surface area contributed by atoms with Crippen molar-refractivity contribution < 1.29 is 47.5 Å². The number of unbranched alkanes of at least 4 members (excludes halogenated alkanes) is 15. The second kappa shape index (κ2) is 31.2. The molecule has 0 aliphatic rings. The van der Waals surface area contributed by atoms with Crippen LogP contribution in [0.3, 0.4) is 0 Å². The van der Waals surface area contributed by atoms with E-state index < -0.39 is 51.1 Å². The summed E-state index contributed by atoms with van der Waals surface area (Å²) in [5.41, 5.74) is 5.29. The number of phosphoric ester groups is 1. The van der Waals surface area contributed by atoms with E-state index in [2.05, 4.69) is 42.7 Å². The van der Waals surface area contributed by atoms with Crippen molar-refractivity contribution >= 4 is 25.7 Å². The first kappa shape index (κ1) is 45.0. The number of phosphoric acid groups is 1. The molecule has 0 spiro atoms. The van der Waals surface area contributed by atoms with Crippen molar-refractivity contribution in [2.24, 2.45) is 5.73 Å². The lowest BCUT2D eigenvalue weighted by Gasteiger charge is -2.20. The second-order valence-corrected chi connectivity index (χ2v) is 13.5. The van der Waals surface area contributed by atoms with E-state index >= 15 is 0 Å². The Morgan fingerprint density at radius 1 is 0.660 bits per heavy atom. The fourth-order valence-electron chi connectivity index (χ4n) is 4.56. The van der Waals surface area contributed by atoms with Gasteiger partial charge in [0.15, 0.2) is 6.10 Å². The van der Waals surface area contributed by atoms with Crippen molar-refractivity contribution in [1.29, 1.82) is 0 Å². The monoisotopic (exact) mass is 689 g/mol. The zero-order valence-corrected chi connectivity index (χ0v) is 30.0. The molecule has 11 nitrogen and oxygen atoms in total. The number of ether oxygens (including phenoxy) is 2. The third-order valence-corrected chi connectivity index (χ3v) is 8.40. The highest BCUT2D eigenvalue weighted by Gasteiger charge is 2.28. The number of nitrogens with two attached hydrogens (primary N) is 1. The van der Waals surface area contributed by atoms with Gasteiger partial charge in [-0.1, -0.05) is 115 Å². The number of esters is 2. The molecule has 0 aromatic heterocycles. The summed E-state index contributed by atoms with van der Waals surface area (Å²) in [6, 6.07) is -1.52. The molecule has 0 aliphatic carbocycles. The molecule has 0 amide bonds. The van der Waals surface area contributed by atoms with Gasteiger partial charge in [-0.2, -0.15) is 0 Å². The SMILES string of the molecule is CCCCCC/C=C\C/C=C\CCCCCCCCCC(=O)OC(COC(=O)CCCCCCC)COP(=O)(O)OCC(N)C(=O)O. The van der Waals surface area contributed by atoms with Crippen molar-refractivity contribution in [3.8, 4) is 0 Å². The molecule has 0 aromatic carbocycles. The zero-order chi connectivity index (χ0) is 35.0. The fourth-order valence-corrected chi connectivity index (χ4v) is 5.34. The van der Waals surface area contributed by atoms with Gasteiger partial charge in [0.05, 0.1) is 13.2 Å². The summed E-state index contributed by atoms with van der Waals surface area (Å²) in [5, 5.41) is 8.82. The van der Waals surface area contributed by atoms with Crippen molar-refractivity contribution in [1.82, 2.24) is 0 Å². The Kier molecular flexibility index (Phi) is 29.9. The van der Waals surface area contributed by atoms with Crippen molar-refractivity contribution in [3.63, 3.8) is 0 Å². The van der Waals surface area contributed by atoms with Crippen molar-refractivity contribution in [3.05, 3.63) is 24.3 Å². The standard InChI is InChI=1S/C35H64NO10P/c1-3-5-7-9-10-11-12-13-14-15-16-17-18-19-20-21-23-25-27-34(38)46-31(28-43-33(37)26-24-22-8-6-4-2)29-44-47(41,42)45-30-32(36)35(39)40/h11-12,14-15,31-32H,3-10,13,16-30,36H2,1-2H3,(H,39,40)(H,41,42)/b12-11-,15-14-. The molecule has 0 aromatic rings. The van der Waals surface area contributed by atoms with E-state index in [1.54, 1.807) is 0 Å². The molecule has 0 radical (unpaired) electrons. The van der Waals surface area contributed by atoms with Gasteiger partial charge in [-0.15, -0.1) is 0 Å². The summed E-state index contributed by atoms with van der Waals surface area (Å²) in [6.07, 6.45) is 28.7. The van der Waals surface area contributed by atoms with Gasteiger partial charge in [0.25, 0.3) is 0 Å². The van der Waals surface area contributed by atoms with E-state index in [1.165, 1.54) is 44.9 Å². The van der Waals surface area contributed by atoms with E-state index in [9.17, 15) is 23.8 Å². The average molecular weight is 690 g/mol. The molecule has 47 heavy (non-hydrogen) atoms. The number of carboxylic acids is 1. The molecule has 3 atom stereocenters. The number of hydrogen-bond donors (Lipinski definition) is 3. The fraction of sp³-hybridized carbons (Fsp3) is 0.800. The average Bonchev–Trinajstić information content (AvgIpc) is 3.04. The van der Waals surface area contributed by atoms with E-state index in [1.807, 2.05) is 0 Å². The quantitative estimate of drug-likeness (QED) is 0.0262. The van der Waals surface area contributed by atoms with E-state index in [0.717, 1.165) is 64.2 Å². The third kappa shape index (κ3) is 31.0. The predicted molar refractivity (Wildman–Crippen MR) is 185 cm³/mol. The van der Waals surface area contributed by atoms with Gasteiger partial charge in [-0.25, -0.2) is 4.57 Å². The molecule has 0 bridgehead atoms. The number of carbonyl (C=O) groups is 3. The number of allylic oxidation sites excluding steroid dienone is 4. The first-order valence-corrected chi connectivity index (χ1v) is 19.4. The normalized spacial score (nSPS) is 14.3. The number of carboxylic acid groups (broad SMARTS) is 1. The molecular formula is C35H64NO10P. The van der Waals surface area contributed by atoms with Gasteiger partial charge in [-0.3, -0.25) is 23.4 Å². The van der Waals surface area contributed by atoms with Crippen LogP contribution in [0, 0.1) is 0 Å². The van der Waals surface area contributed by atoms with Crippen LogP contribution in [-0.2, 0) is 37.5 Å². The van der Waals surface area contributed by atoms with Crippen LogP contribution in [0.2, 0.25) is 0 Å². The molecule has 0 saturated carbocycles. The Labute approximate surface area is 283 Å². The molecule has 12 heteroatoms. The molecule has 0 fully saturated rings. The van der Waals surface area contributed by atoms with Crippen LogP contribution >= 0.6 is 7.82 Å². The number of carbonyl (C=O) groups excluding carboxylic acids is 2.